The zero-order chi connectivity index (χ0) is 13.3. The summed E-state index contributed by atoms with van der Waals surface area (Å²) in [6.07, 6.45) is 2.53. The van der Waals surface area contributed by atoms with E-state index in [1.54, 1.807) is 7.11 Å². The van der Waals surface area contributed by atoms with Gasteiger partial charge in [-0.1, -0.05) is 19.8 Å². The van der Waals surface area contributed by atoms with Crippen molar-refractivity contribution < 1.29 is 23.1 Å². The lowest BCUT2D eigenvalue weighted by Crippen LogP contribution is -2.23. The van der Waals surface area contributed by atoms with Gasteiger partial charge in [0.05, 0.1) is 6.61 Å². The van der Waals surface area contributed by atoms with Gasteiger partial charge in [0, 0.05) is 27.2 Å². The van der Waals surface area contributed by atoms with Crippen molar-refractivity contribution >= 4 is 13.4 Å². The minimum atomic E-state index is -3.25. The number of methoxy groups -OCH3 is 1. The quantitative estimate of drug-likeness (QED) is 0.568. The first-order valence-electron chi connectivity index (χ1n) is 5.75. The first-order chi connectivity index (χ1) is 8.02. The summed E-state index contributed by atoms with van der Waals surface area (Å²) in [5.41, 5.74) is 0. The molecule has 0 aromatic rings. The summed E-state index contributed by atoms with van der Waals surface area (Å²) in [6, 6.07) is 0. The molecule has 0 spiro atoms. The van der Waals surface area contributed by atoms with Gasteiger partial charge in [-0.05, 0) is 6.42 Å². The molecule has 0 fully saturated rings. The summed E-state index contributed by atoms with van der Waals surface area (Å²) in [5, 5.41) is 0. The van der Waals surface area contributed by atoms with Crippen LogP contribution >= 0.6 is 7.60 Å². The molecule has 17 heavy (non-hydrogen) atoms. The molecule has 0 amide bonds. The minimum Gasteiger partial charge on any atom is -0.384 e. The van der Waals surface area contributed by atoms with Crippen LogP contribution in [0.5, 0.6) is 0 Å². The third-order valence-electron chi connectivity index (χ3n) is 2.64. The maximum absolute atomic E-state index is 12.0. The third kappa shape index (κ3) is 6.32. The highest BCUT2D eigenvalue weighted by molar-refractivity contribution is 7.54. The van der Waals surface area contributed by atoms with Crippen LogP contribution in [-0.2, 0) is 23.1 Å². The lowest BCUT2D eigenvalue weighted by atomic mass is 9.99. The van der Waals surface area contributed by atoms with Gasteiger partial charge in [-0.3, -0.25) is 9.36 Å². The highest BCUT2D eigenvalue weighted by atomic mass is 31.2. The Kier molecular flexibility index (Phi) is 8.70. The van der Waals surface area contributed by atoms with Gasteiger partial charge in [0.25, 0.3) is 0 Å². The summed E-state index contributed by atoms with van der Waals surface area (Å²) < 4.78 is 26.4. The molecule has 0 N–H and O–H groups in total. The van der Waals surface area contributed by atoms with Crippen molar-refractivity contribution in [2.24, 2.45) is 5.92 Å². The highest BCUT2D eigenvalue weighted by Gasteiger charge is 2.29. The van der Waals surface area contributed by atoms with Crippen molar-refractivity contribution in [2.75, 3.05) is 34.1 Å². The number of hydrogen-bond acceptors (Lipinski definition) is 5. The van der Waals surface area contributed by atoms with E-state index in [-0.39, 0.29) is 17.9 Å². The molecular weight excluding hydrogens is 243 g/mol. The monoisotopic (exact) mass is 266 g/mol. The summed E-state index contributed by atoms with van der Waals surface area (Å²) in [5.74, 6) is -0.342. The van der Waals surface area contributed by atoms with Gasteiger partial charge in [-0.15, -0.1) is 0 Å². The van der Waals surface area contributed by atoms with E-state index in [0.29, 0.717) is 6.61 Å². The average molecular weight is 266 g/mol. The number of ether oxygens (including phenoxy) is 1. The van der Waals surface area contributed by atoms with E-state index in [1.165, 1.54) is 14.2 Å². The standard InChI is InChI=1S/C11H23O5P/c1-5-6-7-10(8-14-2)11(12)9-17(13,15-3)16-4/h10H,5-9H2,1-4H3. The third-order valence-corrected chi connectivity index (χ3v) is 4.45. The number of Topliss-reactive ketones (excluding diaryl/α,β-unsaturated/α-hetero) is 1. The Morgan fingerprint density at radius 1 is 1.24 bits per heavy atom. The van der Waals surface area contributed by atoms with Crippen LogP contribution in [0.15, 0.2) is 0 Å². The fourth-order valence-corrected chi connectivity index (χ4v) is 2.56. The maximum Gasteiger partial charge on any atom is 0.337 e. The molecule has 0 bridgehead atoms. The molecule has 0 aliphatic rings. The van der Waals surface area contributed by atoms with Crippen molar-refractivity contribution in [2.45, 2.75) is 26.2 Å². The van der Waals surface area contributed by atoms with Crippen molar-refractivity contribution in [1.82, 2.24) is 0 Å². The van der Waals surface area contributed by atoms with Crippen LogP contribution in [0.4, 0.5) is 0 Å². The Hall–Kier alpha value is -0.220. The fourth-order valence-electron chi connectivity index (χ4n) is 1.51. The molecule has 102 valence electrons. The lowest BCUT2D eigenvalue weighted by Gasteiger charge is -2.18. The van der Waals surface area contributed by atoms with Crippen LogP contribution in [0.1, 0.15) is 26.2 Å². The molecule has 5 nitrogen and oxygen atoms in total. The first-order valence-corrected chi connectivity index (χ1v) is 7.48. The van der Waals surface area contributed by atoms with Crippen molar-refractivity contribution in [3.8, 4) is 0 Å². The molecule has 1 atom stereocenters. The van der Waals surface area contributed by atoms with Crippen molar-refractivity contribution in [1.29, 1.82) is 0 Å². The predicted molar refractivity (Wildman–Crippen MR) is 66.4 cm³/mol. The van der Waals surface area contributed by atoms with Crippen LogP contribution in [-0.4, -0.2) is 39.9 Å². The summed E-state index contributed by atoms with van der Waals surface area (Å²) in [7, 11) is 0.875. The molecule has 0 aromatic carbocycles. The number of hydrogen-bond donors (Lipinski definition) is 0. The molecule has 0 radical (unpaired) electrons. The Morgan fingerprint density at radius 3 is 2.24 bits per heavy atom. The summed E-state index contributed by atoms with van der Waals surface area (Å²) in [4.78, 5) is 12.0. The van der Waals surface area contributed by atoms with E-state index in [1.807, 2.05) is 0 Å². The average Bonchev–Trinajstić information content (AvgIpc) is 2.34. The van der Waals surface area contributed by atoms with Gasteiger partial charge >= 0.3 is 7.60 Å². The van der Waals surface area contributed by atoms with Gasteiger partial charge in [-0.25, -0.2) is 0 Å². The molecular formula is C11H23O5P. The SMILES string of the molecule is CCCCC(COC)C(=O)CP(=O)(OC)OC. The van der Waals surface area contributed by atoms with Crippen LogP contribution < -0.4 is 0 Å². The van der Waals surface area contributed by atoms with E-state index < -0.39 is 7.60 Å². The van der Waals surface area contributed by atoms with Gasteiger partial charge in [0.2, 0.25) is 0 Å². The predicted octanol–water partition coefficient (Wildman–Crippen LogP) is 2.49. The van der Waals surface area contributed by atoms with Crippen LogP contribution in [0, 0.1) is 5.92 Å². The normalized spacial score (nSPS) is 13.6. The van der Waals surface area contributed by atoms with E-state index in [4.69, 9.17) is 13.8 Å². The van der Waals surface area contributed by atoms with Crippen LogP contribution in [0.25, 0.3) is 0 Å². The summed E-state index contributed by atoms with van der Waals surface area (Å²) >= 11 is 0. The Balaban J connectivity index is 4.45. The van der Waals surface area contributed by atoms with E-state index in [2.05, 4.69) is 6.92 Å². The number of ketones is 1. The molecule has 0 aliphatic carbocycles. The van der Waals surface area contributed by atoms with E-state index in [0.717, 1.165) is 19.3 Å². The molecule has 0 aromatic heterocycles. The minimum absolute atomic E-state index is 0.118. The van der Waals surface area contributed by atoms with Gasteiger partial charge < -0.3 is 13.8 Å². The molecule has 0 saturated heterocycles. The van der Waals surface area contributed by atoms with E-state index in [9.17, 15) is 9.36 Å². The van der Waals surface area contributed by atoms with Crippen molar-refractivity contribution in [3.63, 3.8) is 0 Å². The second-order valence-electron chi connectivity index (χ2n) is 3.89. The second-order valence-corrected chi connectivity index (χ2v) is 6.16. The fraction of sp³-hybridized carbons (Fsp3) is 0.909. The van der Waals surface area contributed by atoms with Crippen LogP contribution in [0.2, 0.25) is 0 Å². The van der Waals surface area contributed by atoms with Gasteiger partial charge in [0.15, 0.2) is 0 Å². The molecule has 6 heteroatoms. The Morgan fingerprint density at radius 2 is 1.82 bits per heavy atom. The Labute approximate surface area is 103 Å². The number of carbonyl (C=O) groups is 1. The molecule has 0 rings (SSSR count). The molecule has 0 heterocycles. The number of rotatable bonds is 10. The molecule has 1 unspecified atom stereocenters. The van der Waals surface area contributed by atoms with Crippen LogP contribution in [0.3, 0.4) is 0 Å². The Bertz CT molecular complexity index is 259. The van der Waals surface area contributed by atoms with Gasteiger partial charge in [-0.2, -0.15) is 0 Å². The molecule has 0 aliphatic heterocycles. The molecule has 0 saturated carbocycles. The topological polar surface area (TPSA) is 61.8 Å². The zero-order valence-corrected chi connectivity index (χ0v) is 12.0. The number of carbonyl (C=O) groups excluding carboxylic acids is 1. The smallest absolute Gasteiger partial charge is 0.337 e. The van der Waals surface area contributed by atoms with E-state index >= 15 is 0 Å². The zero-order valence-electron chi connectivity index (χ0n) is 11.1. The maximum atomic E-state index is 12.0. The largest absolute Gasteiger partial charge is 0.384 e. The van der Waals surface area contributed by atoms with Gasteiger partial charge in [0.1, 0.15) is 11.9 Å². The lowest BCUT2D eigenvalue weighted by molar-refractivity contribution is -0.122. The first kappa shape index (κ1) is 16.8. The second kappa shape index (κ2) is 8.81. The highest BCUT2D eigenvalue weighted by Crippen LogP contribution is 2.46. The summed E-state index contributed by atoms with van der Waals surface area (Å²) in [6.45, 7) is 2.41. The van der Waals surface area contributed by atoms with Crippen molar-refractivity contribution in [3.05, 3.63) is 0 Å². The number of unbranched alkanes of at least 4 members (excludes halogenated alkanes) is 1.